The third-order valence-electron chi connectivity index (χ3n) is 3.94. The summed E-state index contributed by atoms with van der Waals surface area (Å²) in [7, 11) is 0. The molecule has 1 saturated carbocycles. The van der Waals surface area contributed by atoms with E-state index in [1.165, 1.54) is 0 Å². The lowest BCUT2D eigenvalue weighted by atomic mass is 9.75. The lowest BCUT2D eigenvalue weighted by Crippen LogP contribution is -2.33. The van der Waals surface area contributed by atoms with Gasteiger partial charge in [0.05, 0.1) is 12.2 Å². The maximum Gasteiger partial charge on any atom is 0.314 e. The Kier molecular flexibility index (Phi) is 4.72. The molecular formula is C17H20O3. The van der Waals surface area contributed by atoms with E-state index < -0.39 is 0 Å². The zero-order valence-corrected chi connectivity index (χ0v) is 11.8. The summed E-state index contributed by atoms with van der Waals surface area (Å²) in [6.45, 7) is 5.39. The van der Waals surface area contributed by atoms with Crippen LogP contribution in [0.3, 0.4) is 0 Å². The van der Waals surface area contributed by atoms with E-state index in [1.54, 1.807) is 0 Å². The zero-order chi connectivity index (χ0) is 14.5. The van der Waals surface area contributed by atoms with Gasteiger partial charge in [-0.3, -0.25) is 9.59 Å². The number of hydrogen-bond donors (Lipinski definition) is 0. The van der Waals surface area contributed by atoms with Crippen LogP contribution in [0.1, 0.15) is 41.6 Å². The minimum absolute atomic E-state index is 0.0516. The molecule has 0 radical (unpaired) electrons. The quantitative estimate of drug-likeness (QED) is 0.477. The maximum atomic E-state index is 12.6. The molecular weight excluding hydrogens is 252 g/mol. The summed E-state index contributed by atoms with van der Waals surface area (Å²) in [4.78, 5) is 24.5. The van der Waals surface area contributed by atoms with E-state index in [9.17, 15) is 9.59 Å². The van der Waals surface area contributed by atoms with Gasteiger partial charge in [0.25, 0.3) is 0 Å². The summed E-state index contributed by atoms with van der Waals surface area (Å²) < 4.78 is 4.89. The second-order valence-electron chi connectivity index (χ2n) is 5.33. The molecule has 106 valence electrons. The molecule has 0 N–H and O–H groups in total. The Hall–Kier alpha value is -1.90. The van der Waals surface area contributed by atoms with Crippen molar-refractivity contribution in [2.45, 2.75) is 32.6 Å². The number of ether oxygens (including phenoxy) is 1. The van der Waals surface area contributed by atoms with Crippen molar-refractivity contribution in [3.8, 4) is 0 Å². The SMILES string of the molecule is C=COC(=O)[C@@H]1CCCC[C@H]1C(=O)c1ccc(C)cc1. The zero-order valence-electron chi connectivity index (χ0n) is 11.8. The number of hydrogen-bond acceptors (Lipinski definition) is 3. The smallest absolute Gasteiger partial charge is 0.314 e. The van der Waals surface area contributed by atoms with E-state index >= 15 is 0 Å². The van der Waals surface area contributed by atoms with Crippen molar-refractivity contribution in [3.05, 3.63) is 48.2 Å². The van der Waals surface area contributed by atoms with Crippen LogP contribution in [0.5, 0.6) is 0 Å². The molecule has 3 nitrogen and oxygen atoms in total. The molecule has 0 spiro atoms. The second-order valence-corrected chi connectivity index (χ2v) is 5.33. The molecule has 2 atom stereocenters. The van der Waals surface area contributed by atoms with Crippen molar-refractivity contribution in [2.75, 3.05) is 0 Å². The Morgan fingerprint density at radius 1 is 1.15 bits per heavy atom. The first-order chi connectivity index (χ1) is 9.63. The highest BCUT2D eigenvalue weighted by atomic mass is 16.5. The Morgan fingerprint density at radius 2 is 1.75 bits per heavy atom. The van der Waals surface area contributed by atoms with Crippen molar-refractivity contribution < 1.29 is 14.3 Å². The highest BCUT2D eigenvalue weighted by molar-refractivity contribution is 6.00. The molecule has 0 saturated heterocycles. The van der Waals surface area contributed by atoms with Crippen molar-refractivity contribution >= 4 is 11.8 Å². The van der Waals surface area contributed by atoms with Gasteiger partial charge in [-0.15, -0.1) is 0 Å². The van der Waals surface area contributed by atoms with Crippen molar-refractivity contribution in [1.82, 2.24) is 0 Å². The number of carbonyl (C=O) groups is 2. The third kappa shape index (κ3) is 3.16. The minimum Gasteiger partial charge on any atom is -0.435 e. The molecule has 0 amide bonds. The van der Waals surface area contributed by atoms with E-state index in [-0.39, 0.29) is 23.6 Å². The number of rotatable bonds is 4. The first-order valence-electron chi connectivity index (χ1n) is 7.05. The monoisotopic (exact) mass is 272 g/mol. The fraction of sp³-hybridized carbons (Fsp3) is 0.412. The van der Waals surface area contributed by atoms with Crippen LogP contribution in [0, 0.1) is 18.8 Å². The van der Waals surface area contributed by atoms with E-state index in [1.807, 2.05) is 31.2 Å². The fourth-order valence-electron chi connectivity index (χ4n) is 2.83. The molecule has 2 rings (SSSR count). The van der Waals surface area contributed by atoms with Crippen LogP contribution in [-0.4, -0.2) is 11.8 Å². The second kappa shape index (κ2) is 6.51. The summed E-state index contributed by atoms with van der Waals surface area (Å²) in [6, 6.07) is 7.52. The molecule has 0 unspecified atom stereocenters. The number of aryl methyl sites for hydroxylation is 1. The molecule has 1 aromatic rings. The normalized spacial score (nSPS) is 22.1. The number of Topliss-reactive ketones (excluding diaryl/α,β-unsaturated/α-hetero) is 1. The highest BCUT2D eigenvalue weighted by Gasteiger charge is 2.36. The Balaban J connectivity index is 2.18. The molecule has 1 aliphatic rings. The number of benzene rings is 1. The summed E-state index contributed by atoms with van der Waals surface area (Å²) in [5, 5.41) is 0. The van der Waals surface area contributed by atoms with E-state index in [2.05, 4.69) is 6.58 Å². The van der Waals surface area contributed by atoms with Crippen LogP contribution in [0.25, 0.3) is 0 Å². The molecule has 1 fully saturated rings. The Labute approximate surface area is 119 Å². The minimum atomic E-state index is -0.337. The van der Waals surface area contributed by atoms with Gasteiger partial charge < -0.3 is 4.74 Å². The van der Waals surface area contributed by atoms with Gasteiger partial charge in [0, 0.05) is 11.5 Å². The van der Waals surface area contributed by atoms with E-state index in [0.717, 1.165) is 37.5 Å². The molecule has 20 heavy (non-hydrogen) atoms. The van der Waals surface area contributed by atoms with Crippen LogP contribution >= 0.6 is 0 Å². The molecule has 0 heterocycles. The molecule has 3 heteroatoms. The molecule has 0 aliphatic heterocycles. The van der Waals surface area contributed by atoms with Gasteiger partial charge in [-0.1, -0.05) is 49.2 Å². The summed E-state index contributed by atoms with van der Waals surface area (Å²) in [5.74, 6) is -0.879. The molecule has 0 bridgehead atoms. The van der Waals surface area contributed by atoms with Crippen LogP contribution in [-0.2, 0) is 9.53 Å². The average molecular weight is 272 g/mol. The Bertz CT molecular complexity index is 501. The first kappa shape index (κ1) is 14.5. The van der Waals surface area contributed by atoms with Gasteiger partial charge in [-0.2, -0.15) is 0 Å². The van der Waals surface area contributed by atoms with Crippen molar-refractivity contribution in [2.24, 2.45) is 11.8 Å². The third-order valence-corrected chi connectivity index (χ3v) is 3.94. The number of ketones is 1. The van der Waals surface area contributed by atoms with E-state index in [4.69, 9.17) is 4.74 Å². The number of carbonyl (C=O) groups excluding carboxylic acids is 2. The van der Waals surface area contributed by atoms with Crippen molar-refractivity contribution in [3.63, 3.8) is 0 Å². The van der Waals surface area contributed by atoms with Gasteiger partial charge in [-0.25, -0.2) is 0 Å². The number of esters is 1. The van der Waals surface area contributed by atoms with Crippen LogP contribution in [0.4, 0.5) is 0 Å². The highest BCUT2D eigenvalue weighted by Crippen LogP contribution is 2.33. The molecule has 0 aromatic heterocycles. The standard InChI is InChI=1S/C17H20O3/c1-3-20-17(19)15-7-5-4-6-14(15)16(18)13-10-8-12(2)9-11-13/h3,8-11,14-15H,1,4-7H2,2H3/t14-,15-/m1/s1. The Morgan fingerprint density at radius 3 is 2.35 bits per heavy atom. The van der Waals surface area contributed by atoms with Crippen molar-refractivity contribution in [1.29, 1.82) is 0 Å². The predicted molar refractivity (Wildman–Crippen MR) is 77.2 cm³/mol. The fourth-order valence-corrected chi connectivity index (χ4v) is 2.83. The summed E-state index contributed by atoms with van der Waals surface area (Å²) in [5.41, 5.74) is 1.80. The lowest BCUT2D eigenvalue weighted by Gasteiger charge is -2.28. The largest absolute Gasteiger partial charge is 0.435 e. The van der Waals surface area contributed by atoms with Gasteiger partial charge in [0.2, 0.25) is 0 Å². The summed E-state index contributed by atoms with van der Waals surface area (Å²) >= 11 is 0. The first-order valence-corrected chi connectivity index (χ1v) is 7.05. The van der Waals surface area contributed by atoms with Crippen LogP contribution in [0.15, 0.2) is 37.1 Å². The van der Waals surface area contributed by atoms with Gasteiger partial charge in [-0.05, 0) is 19.8 Å². The molecule has 1 aliphatic carbocycles. The summed E-state index contributed by atoms with van der Waals surface area (Å²) in [6.07, 6.45) is 4.57. The molecule has 1 aromatic carbocycles. The van der Waals surface area contributed by atoms with Gasteiger partial charge >= 0.3 is 5.97 Å². The van der Waals surface area contributed by atoms with Crippen LogP contribution < -0.4 is 0 Å². The predicted octanol–water partition coefficient (Wildman–Crippen LogP) is 3.67. The average Bonchev–Trinajstić information content (AvgIpc) is 2.47. The van der Waals surface area contributed by atoms with E-state index in [0.29, 0.717) is 5.56 Å². The lowest BCUT2D eigenvalue weighted by molar-refractivity contribution is -0.145. The topological polar surface area (TPSA) is 43.4 Å². The maximum absolute atomic E-state index is 12.6. The van der Waals surface area contributed by atoms with Gasteiger partial charge in [0.1, 0.15) is 0 Å². The van der Waals surface area contributed by atoms with Crippen LogP contribution in [0.2, 0.25) is 0 Å². The van der Waals surface area contributed by atoms with Gasteiger partial charge in [0.15, 0.2) is 5.78 Å².